The summed E-state index contributed by atoms with van der Waals surface area (Å²) in [4.78, 5) is 0.875. The normalized spacial score (nSPS) is 13.9. The minimum atomic E-state index is -0.910. The topological polar surface area (TPSA) is 29.1 Å². The van der Waals surface area contributed by atoms with Gasteiger partial charge in [-0.15, -0.1) is 0 Å². The number of hydrogen-bond acceptors (Lipinski definition) is 2. The van der Waals surface area contributed by atoms with Crippen molar-refractivity contribution in [1.82, 2.24) is 5.32 Å². The molecule has 2 aromatic rings. The molecular weight excluding hydrogens is 278 g/mol. The van der Waals surface area contributed by atoms with E-state index in [1.54, 1.807) is 6.26 Å². The third-order valence-corrected chi connectivity index (χ3v) is 4.75. The highest BCUT2D eigenvalue weighted by atomic mass is 32.2. The van der Waals surface area contributed by atoms with Gasteiger partial charge in [0.05, 0.1) is 0 Å². The van der Waals surface area contributed by atoms with Crippen LogP contribution in [0, 0.1) is 13.8 Å². The Morgan fingerprint density at radius 1 is 1.10 bits per heavy atom. The molecule has 0 heterocycles. The van der Waals surface area contributed by atoms with E-state index in [4.69, 9.17) is 0 Å². The summed E-state index contributed by atoms with van der Waals surface area (Å²) in [5, 5.41) is 3.56. The van der Waals surface area contributed by atoms with Gasteiger partial charge in [0.25, 0.3) is 0 Å². The largest absolute Gasteiger partial charge is 0.306 e. The third-order valence-electron chi connectivity index (χ3n) is 3.82. The van der Waals surface area contributed by atoms with E-state index in [0.29, 0.717) is 0 Å². The van der Waals surface area contributed by atoms with Crippen LogP contribution in [0.15, 0.2) is 47.4 Å². The monoisotopic (exact) mass is 301 g/mol. The second-order valence-corrected chi connectivity index (χ2v) is 6.94. The Bertz CT molecular complexity index is 634. The van der Waals surface area contributed by atoms with E-state index in [9.17, 15) is 4.21 Å². The summed E-state index contributed by atoms with van der Waals surface area (Å²) in [5.41, 5.74) is 5.17. The summed E-state index contributed by atoms with van der Waals surface area (Å²) in [6.45, 7) is 7.28. The Balaban J connectivity index is 2.02. The Morgan fingerprint density at radius 3 is 2.38 bits per heavy atom. The highest BCUT2D eigenvalue weighted by Gasteiger charge is 2.07. The zero-order valence-corrected chi connectivity index (χ0v) is 14.0. The van der Waals surface area contributed by atoms with Crippen molar-refractivity contribution in [1.29, 1.82) is 0 Å². The maximum absolute atomic E-state index is 11.4. The molecule has 0 radical (unpaired) electrons. The van der Waals surface area contributed by atoms with Crippen LogP contribution in [0.25, 0.3) is 0 Å². The summed E-state index contributed by atoms with van der Waals surface area (Å²) in [5.74, 6) is 0. The van der Waals surface area contributed by atoms with Crippen molar-refractivity contribution in [2.75, 3.05) is 6.26 Å². The fourth-order valence-corrected chi connectivity index (χ4v) is 2.84. The van der Waals surface area contributed by atoms with E-state index in [0.717, 1.165) is 11.4 Å². The van der Waals surface area contributed by atoms with E-state index in [1.165, 1.54) is 22.3 Å². The van der Waals surface area contributed by atoms with Gasteiger partial charge in [-0.3, -0.25) is 4.21 Å². The SMILES string of the molecule is Cc1ccc(C)c(CN[C@@H](C)c2ccc([S@@](C)=O)cc2)c1. The first kappa shape index (κ1) is 15.9. The number of nitrogens with one attached hydrogen (secondary N) is 1. The molecule has 2 atom stereocenters. The van der Waals surface area contributed by atoms with Gasteiger partial charge >= 0.3 is 0 Å². The van der Waals surface area contributed by atoms with Gasteiger partial charge < -0.3 is 5.32 Å². The van der Waals surface area contributed by atoms with Crippen molar-refractivity contribution >= 4 is 10.8 Å². The first-order valence-electron chi connectivity index (χ1n) is 7.20. The predicted octanol–water partition coefficient (Wildman–Crippen LogP) is 3.89. The molecule has 0 unspecified atom stereocenters. The maximum Gasteiger partial charge on any atom is 0.0498 e. The van der Waals surface area contributed by atoms with E-state index in [1.807, 2.05) is 12.1 Å². The lowest BCUT2D eigenvalue weighted by atomic mass is 10.0. The molecule has 3 heteroatoms. The maximum atomic E-state index is 11.4. The number of rotatable bonds is 5. The number of hydrogen-bond donors (Lipinski definition) is 1. The lowest BCUT2D eigenvalue weighted by Crippen LogP contribution is -2.18. The Hall–Kier alpha value is -1.45. The van der Waals surface area contributed by atoms with Gasteiger partial charge in [-0.05, 0) is 49.6 Å². The van der Waals surface area contributed by atoms with Crippen LogP contribution in [0.3, 0.4) is 0 Å². The predicted molar refractivity (Wildman–Crippen MR) is 89.9 cm³/mol. The third kappa shape index (κ3) is 4.26. The van der Waals surface area contributed by atoms with Gasteiger partial charge in [0, 0.05) is 34.5 Å². The molecule has 21 heavy (non-hydrogen) atoms. The molecule has 0 aliphatic rings. The van der Waals surface area contributed by atoms with E-state index in [-0.39, 0.29) is 6.04 Å². The van der Waals surface area contributed by atoms with Crippen LogP contribution < -0.4 is 5.32 Å². The summed E-state index contributed by atoms with van der Waals surface area (Å²) in [6.07, 6.45) is 1.71. The Kier molecular flexibility index (Phi) is 5.32. The highest BCUT2D eigenvalue weighted by molar-refractivity contribution is 7.84. The van der Waals surface area contributed by atoms with Crippen LogP contribution in [0.4, 0.5) is 0 Å². The van der Waals surface area contributed by atoms with E-state index >= 15 is 0 Å². The molecule has 0 saturated carbocycles. The zero-order chi connectivity index (χ0) is 15.4. The van der Waals surface area contributed by atoms with Gasteiger partial charge in [-0.25, -0.2) is 0 Å². The van der Waals surface area contributed by atoms with Crippen molar-refractivity contribution < 1.29 is 4.21 Å². The molecule has 0 aliphatic carbocycles. The molecule has 0 aromatic heterocycles. The highest BCUT2D eigenvalue weighted by Crippen LogP contribution is 2.17. The molecule has 0 aliphatic heterocycles. The molecule has 0 spiro atoms. The second kappa shape index (κ2) is 7.01. The van der Waals surface area contributed by atoms with Crippen molar-refractivity contribution in [3.63, 3.8) is 0 Å². The van der Waals surface area contributed by atoms with Gasteiger partial charge in [-0.2, -0.15) is 0 Å². The van der Waals surface area contributed by atoms with Crippen molar-refractivity contribution in [2.24, 2.45) is 0 Å². The molecule has 112 valence electrons. The van der Waals surface area contributed by atoms with Crippen LogP contribution in [0.1, 0.15) is 35.2 Å². The van der Waals surface area contributed by atoms with E-state index < -0.39 is 10.8 Å². The average molecular weight is 301 g/mol. The molecule has 2 aromatic carbocycles. The lowest BCUT2D eigenvalue weighted by molar-refractivity contribution is 0.573. The van der Waals surface area contributed by atoms with Crippen LogP contribution >= 0.6 is 0 Å². The second-order valence-electron chi connectivity index (χ2n) is 5.56. The van der Waals surface area contributed by atoms with Crippen LogP contribution in [0.5, 0.6) is 0 Å². The lowest BCUT2D eigenvalue weighted by Gasteiger charge is -2.16. The van der Waals surface area contributed by atoms with Crippen molar-refractivity contribution in [3.05, 3.63) is 64.7 Å². The van der Waals surface area contributed by atoms with Gasteiger partial charge in [0.15, 0.2) is 0 Å². The smallest absolute Gasteiger partial charge is 0.0498 e. The Morgan fingerprint density at radius 2 is 1.76 bits per heavy atom. The fourth-order valence-electron chi connectivity index (χ4n) is 2.32. The molecule has 0 saturated heterocycles. The standard InChI is InChI=1S/C18H23NOS/c1-13-5-6-14(2)17(11-13)12-19-15(3)16-7-9-18(10-8-16)21(4)20/h5-11,15,19H,12H2,1-4H3/t15-,21+/m0/s1. The quantitative estimate of drug-likeness (QED) is 0.907. The fraction of sp³-hybridized carbons (Fsp3) is 0.333. The zero-order valence-electron chi connectivity index (χ0n) is 13.1. The van der Waals surface area contributed by atoms with Crippen molar-refractivity contribution in [3.8, 4) is 0 Å². The molecule has 0 fully saturated rings. The van der Waals surface area contributed by atoms with E-state index in [2.05, 4.69) is 56.4 Å². The molecule has 0 bridgehead atoms. The molecule has 2 nitrogen and oxygen atoms in total. The minimum absolute atomic E-state index is 0.268. The van der Waals surface area contributed by atoms with Gasteiger partial charge in [0.2, 0.25) is 0 Å². The first-order chi connectivity index (χ1) is 9.97. The first-order valence-corrected chi connectivity index (χ1v) is 8.76. The number of aryl methyl sites for hydroxylation is 2. The summed E-state index contributed by atoms with van der Waals surface area (Å²) in [6, 6.07) is 14.8. The van der Waals surface area contributed by atoms with Crippen LogP contribution in [-0.2, 0) is 17.3 Å². The molecule has 0 amide bonds. The van der Waals surface area contributed by atoms with Crippen LogP contribution in [0.2, 0.25) is 0 Å². The molecular formula is C18H23NOS. The Labute approximate surface area is 130 Å². The number of benzene rings is 2. The average Bonchev–Trinajstić information content (AvgIpc) is 2.48. The van der Waals surface area contributed by atoms with Gasteiger partial charge in [0.1, 0.15) is 0 Å². The van der Waals surface area contributed by atoms with Gasteiger partial charge in [-0.1, -0.05) is 35.9 Å². The van der Waals surface area contributed by atoms with Crippen molar-refractivity contribution in [2.45, 2.75) is 38.3 Å². The molecule has 2 rings (SSSR count). The van der Waals surface area contributed by atoms with Crippen LogP contribution in [-0.4, -0.2) is 10.5 Å². The molecule has 1 N–H and O–H groups in total. The summed E-state index contributed by atoms with van der Waals surface area (Å²) in [7, 11) is -0.910. The summed E-state index contributed by atoms with van der Waals surface area (Å²) >= 11 is 0. The summed E-state index contributed by atoms with van der Waals surface area (Å²) < 4.78 is 11.4. The minimum Gasteiger partial charge on any atom is -0.306 e.